The minimum atomic E-state index is -0.824. The first-order valence-electron chi connectivity index (χ1n) is 2.62. The Hall–Kier alpha value is -1.45. The van der Waals surface area contributed by atoms with Crippen molar-refractivity contribution < 1.29 is 9.18 Å². The van der Waals surface area contributed by atoms with Gasteiger partial charge in [-0.2, -0.15) is 4.39 Å². The van der Waals surface area contributed by atoms with E-state index in [-0.39, 0.29) is 5.56 Å². The number of nitrogens with two attached hydrogens (primary N) is 1. The molecule has 52 valence electrons. The smallest absolute Gasteiger partial charge is 0.253 e. The summed E-state index contributed by atoms with van der Waals surface area (Å²) in [5.74, 6) is -1.62. The van der Waals surface area contributed by atoms with Gasteiger partial charge in [0.2, 0.25) is 5.95 Å². The van der Waals surface area contributed by atoms with Gasteiger partial charge in [-0.05, 0) is 12.1 Å². The van der Waals surface area contributed by atoms with Crippen molar-refractivity contribution in [2.75, 3.05) is 0 Å². The van der Waals surface area contributed by atoms with Gasteiger partial charge >= 0.3 is 0 Å². The Kier molecular flexibility index (Phi) is 1.62. The predicted octanol–water partition coefficient (Wildman–Crippen LogP) is 0.320. The van der Waals surface area contributed by atoms with Crippen molar-refractivity contribution >= 4 is 5.91 Å². The standard InChI is InChI=1S/C6H5FN2O/c7-5-4(6(8)10)2-1-3-9-5/h1-3H,(H2,8,10). The highest BCUT2D eigenvalue weighted by Gasteiger charge is 2.05. The number of pyridine rings is 1. The maximum Gasteiger partial charge on any atom is 0.253 e. The highest BCUT2D eigenvalue weighted by molar-refractivity contribution is 5.92. The molecule has 4 heteroatoms. The molecule has 3 nitrogen and oxygen atoms in total. The van der Waals surface area contributed by atoms with Crippen LogP contribution in [0, 0.1) is 5.95 Å². The van der Waals surface area contributed by atoms with E-state index in [2.05, 4.69) is 4.98 Å². The SMILES string of the molecule is NC(=O)c1cccnc1F. The number of carbonyl (C=O) groups excluding carboxylic acids is 1. The lowest BCUT2D eigenvalue weighted by atomic mass is 10.3. The summed E-state index contributed by atoms with van der Waals surface area (Å²) >= 11 is 0. The molecule has 0 aromatic carbocycles. The first kappa shape index (κ1) is 6.67. The molecule has 0 aliphatic heterocycles. The molecule has 0 radical (unpaired) electrons. The number of rotatable bonds is 1. The summed E-state index contributed by atoms with van der Waals surface area (Å²) in [5.41, 5.74) is 4.62. The van der Waals surface area contributed by atoms with Crippen molar-refractivity contribution in [1.82, 2.24) is 4.98 Å². The van der Waals surface area contributed by atoms with E-state index < -0.39 is 11.9 Å². The summed E-state index contributed by atoms with van der Waals surface area (Å²) in [5, 5.41) is 0. The molecule has 1 rings (SSSR count). The van der Waals surface area contributed by atoms with Crippen LogP contribution in [-0.4, -0.2) is 10.9 Å². The van der Waals surface area contributed by atoms with Crippen LogP contribution in [0.2, 0.25) is 0 Å². The van der Waals surface area contributed by atoms with Crippen molar-refractivity contribution in [3.8, 4) is 0 Å². The van der Waals surface area contributed by atoms with Gasteiger partial charge in [-0.1, -0.05) is 0 Å². The normalized spacial score (nSPS) is 9.30. The Balaban J connectivity index is 3.15. The predicted molar refractivity (Wildman–Crippen MR) is 32.7 cm³/mol. The first-order valence-corrected chi connectivity index (χ1v) is 2.62. The van der Waals surface area contributed by atoms with E-state index >= 15 is 0 Å². The molecule has 0 spiro atoms. The number of aromatic nitrogens is 1. The first-order chi connectivity index (χ1) is 4.72. The summed E-state index contributed by atoms with van der Waals surface area (Å²) in [7, 11) is 0. The zero-order chi connectivity index (χ0) is 7.56. The number of amides is 1. The second kappa shape index (κ2) is 2.43. The van der Waals surface area contributed by atoms with Crippen LogP contribution in [0.25, 0.3) is 0 Å². The van der Waals surface area contributed by atoms with E-state index in [9.17, 15) is 9.18 Å². The number of halogens is 1. The summed E-state index contributed by atoms with van der Waals surface area (Å²) < 4.78 is 12.4. The lowest BCUT2D eigenvalue weighted by Gasteiger charge is -1.92. The summed E-state index contributed by atoms with van der Waals surface area (Å²) in [6.45, 7) is 0. The minimum absolute atomic E-state index is 0.178. The summed E-state index contributed by atoms with van der Waals surface area (Å²) in [4.78, 5) is 13.6. The van der Waals surface area contributed by atoms with Crippen molar-refractivity contribution in [3.05, 3.63) is 29.8 Å². The largest absolute Gasteiger partial charge is 0.365 e. The van der Waals surface area contributed by atoms with Crippen LogP contribution in [-0.2, 0) is 0 Å². The summed E-state index contributed by atoms with van der Waals surface area (Å²) in [6.07, 6.45) is 1.25. The zero-order valence-electron chi connectivity index (χ0n) is 5.04. The fraction of sp³-hybridized carbons (Fsp3) is 0. The van der Waals surface area contributed by atoms with Crippen LogP contribution < -0.4 is 5.73 Å². The monoisotopic (exact) mass is 140 g/mol. The van der Waals surface area contributed by atoms with Crippen LogP contribution in [0.5, 0.6) is 0 Å². The van der Waals surface area contributed by atoms with Crippen molar-refractivity contribution in [1.29, 1.82) is 0 Å². The van der Waals surface area contributed by atoms with Gasteiger partial charge in [0.1, 0.15) is 0 Å². The molecule has 1 aromatic heterocycles. The summed E-state index contributed by atoms with van der Waals surface area (Å²) in [6, 6.07) is 2.73. The molecule has 0 fully saturated rings. The van der Waals surface area contributed by atoms with Crippen LogP contribution in [0.3, 0.4) is 0 Å². The molecule has 0 atom stereocenters. The Bertz CT molecular complexity index is 262. The van der Waals surface area contributed by atoms with E-state index in [1.165, 1.54) is 18.3 Å². The maximum atomic E-state index is 12.4. The van der Waals surface area contributed by atoms with Gasteiger partial charge in [-0.3, -0.25) is 4.79 Å². The fourth-order valence-electron chi connectivity index (χ4n) is 0.570. The third-order valence-electron chi connectivity index (χ3n) is 1.02. The molecule has 0 unspecified atom stereocenters. The number of carbonyl (C=O) groups is 1. The zero-order valence-corrected chi connectivity index (χ0v) is 5.04. The molecule has 1 aromatic rings. The molecule has 2 N–H and O–H groups in total. The third kappa shape index (κ3) is 1.10. The molecule has 0 bridgehead atoms. The Morgan fingerprint density at radius 1 is 1.70 bits per heavy atom. The van der Waals surface area contributed by atoms with Crippen LogP contribution in [0.4, 0.5) is 4.39 Å². The Labute approximate surface area is 56.7 Å². The van der Waals surface area contributed by atoms with Gasteiger partial charge in [0.15, 0.2) is 0 Å². The quantitative estimate of drug-likeness (QED) is 0.571. The number of hydrogen-bond acceptors (Lipinski definition) is 2. The highest BCUT2D eigenvalue weighted by atomic mass is 19.1. The van der Waals surface area contributed by atoms with Gasteiger partial charge in [-0.25, -0.2) is 4.98 Å². The van der Waals surface area contributed by atoms with E-state index in [0.29, 0.717) is 0 Å². The van der Waals surface area contributed by atoms with Crippen LogP contribution in [0.1, 0.15) is 10.4 Å². The minimum Gasteiger partial charge on any atom is -0.365 e. The second-order valence-corrected chi connectivity index (χ2v) is 1.71. The van der Waals surface area contributed by atoms with Crippen molar-refractivity contribution in [3.63, 3.8) is 0 Å². The van der Waals surface area contributed by atoms with Gasteiger partial charge in [0, 0.05) is 6.20 Å². The lowest BCUT2D eigenvalue weighted by molar-refractivity contribution is 0.0995. The third-order valence-corrected chi connectivity index (χ3v) is 1.02. The van der Waals surface area contributed by atoms with E-state index in [1.807, 2.05) is 0 Å². The van der Waals surface area contributed by atoms with Gasteiger partial charge < -0.3 is 5.73 Å². The molecular weight excluding hydrogens is 135 g/mol. The molecular formula is C6H5FN2O. The van der Waals surface area contributed by atoms with E-state index in [1.54, 1.807) is 0 Å². The number of nitrogens with zero attached hydrogens (tertiary/aromatic N) is 1. The van der Waals surface area contributed by atoms with Gasteiger partial charge in [0.05, 0.1) is 5.56 Å². The maximum absolute atomic E-state index is 12.4. The van der Waals surface area contributed by atoms with Crippen LogP contribution in [0.15, 0.2) is 18.3 Å². The van der Waals surface area contributed by atoms with E-state index in [4.69, 9.17) is 5.73 Å². The van der Waals surface area contributed by atoms with Gasteiger partial charge in [0.25, 0.3) is 5.91 Å². The van der Waals surface area contributed by atoms with Gasteiger partial charge in [-0.15, -0.1) is 0 Å². The van der Waals surface area contributed by atoms with Crippen molar-refractivity contribution in [2.45, 2.75) is 0 Å². The molecule has 0 aliphatic carbocycles. The Morgan fingerprint density at radius 3 is 2.80 bits per heavy atom. The van der Waals surface area contributed by atoms with E-state index in [0.717, 1.165) is 0 Å². The second-order valence-electron chi connectivity index (χ2n) is 1.71. The molecule has 1 amide bonds. The molecule has 1 heterocycles. The average Bonchev–Trinajstić information content (AvgIpc) is 1.88. The highest BCUT2D eigenvalue weighted by Crippen LogP contribution is 2.00. The topological polar surface area (TPSA) is 56.0 Å². The molecule has 0 saturated carbocycles. The molecule has 0 aliphatic rings. The van der Waals surface area contributed by atoms with Crippen LogP contribution >= 0.6 is 0 Å². The Morgan fingerprint density at radius 2 is 2.40 bits per heavy atom. The molecule has 0 saturated heterocycles. The fourth-order valence-corrected chi connectivity index (χ4v) is 0.570. The molecule has 10 heavy (non-hydrogen) atoms. The average molecular weight is 140 g/mol. The number of hydrogen-bond donors (Lipinski definition) is 1. The lowest BCUT2D eigenvalue weighted by Crippen LogP contribution is -2.13. The van der Waals surface area contributed by atoms with Crippen molar-refractivity contribution in [2.24, 2.45) is 5.73 Å². The number of primary amides is 1.